The number of aromatic nitrogens is 3. The van der Waals surface area contributed by atoms with Crippen LogP contribution in [0.15, 0.2) is 26.6 Å². The molecular weight excluding hydrogens is 390 g/mol. The number of halogens is 1. The van der Waals surface area contributed by atoms with Crippen LogP contribution in [0.4, 0.5) is 5.13 Å². The molecule has 3 N–H and O–H groups in total. The van der Waals surface area contributed by atoms with Gasteiger partial charge in [-0.15, -0.1) is 23.7 Å². The number of rotatable bonds is 5. The number of carbonyl (C=O) groups is 1. The van der Waals surface area contributed by atoms with E-state index in [2.05, 4.69) is 20.4 Å². The van der Waals surface area contributed by atoms with Crippen LogP contribution in [-0.2, 0) is 12.0 Å². The fraction of sp³-hybridized carbons (Fsp3) is 0.412. The second-order valence-electron chi connectivity index (χ2n) is 6.54. The van der Waals surface area contributed by atoms with Crippen molar-refractivity contribution in [2.75, 3.05) is 5.32 Å². The van der Waals surface area contributed by atoms with E-state index in [4.69, 9.17) is 14.7 Å². The average molecular weight is 410 g/mol. The van der Waals surface area contributed by atoms with Gasteiger partial charge in [0.2, 0.25) is 5.89 Å². The summed E-state index contributed by atoms with van der Waals surface area (Å²) < 4.78 is 10.5. The normalized spacial score (nSPS) is 15.5. The minimum atomic E-state index is -0.467. The summed E-state index contributed by atoms with van der Waals surface area (Å²) in [6.07, 6.45) is 5.83. The third-order valence-corrected chi connectivity index (χ3v) is 5.42. The molecule has 0 aliphatic heterocycles. The van der Waals surface area contributed by atoms with Crippen LogP contribution in [0.3, 0.4) is 0 Å². The SMILES string of the molecule is Cc1occc1C(=O)Nc1nc(Cc2nc(C3(N)CCCC3)no2)cs1.Cl. The summed E-state index contributed by atoms with van der Waals surface area (Å²) >= 11 is 1.34. The number of furan rings is 1. The van der Waals surface area contributed by atoms with E-state index >= 15 is 0 Å². The van der Waals surface area contributed by atoms with E-state index in [1.165, 1.54) is 17.6 Å². The van der Waals surface area contributed by atoms with Crippen LogP contribution in [0.1, 0.15) is 59.2 Å². The van der Waals surface area contributed by atoms with Crippen LogP contribution in [0.25, 0.3) is 0 Å². The van der Waals surface area contributed by atoms with Gasteiger partial charge in [0.25, 0.3) is 5.91 Å². The maximum Gasteiger partial charge on any atom is 0.260 e. The maximum absolute atomic E-state index is 12.2. The van der Waals surface area contributed by atoms with Gasteiger partial charge in [0.1, 0.15) is 5.76 Å². The Labute approximate surface area is 166 Å². The zero-order chi connectivity index (χ0) is 18.1. The highest BCUT2D eigenvalue weighted by Gasteiger charge is 2.36. The lowest BCUT2D eigenvalue weighted by atomic mass is 9.99. The summed E-state index contributed by atoms with van der Waals surface area (Å²) in [6.45, 7) is 1.74. The number of carbonyl (C=O) groups excluding carboxylic acids is 1. The molecule has 10 heteroatoms. The monoisotopic (exact) mass is 409 g/mol. The summed E-state index contributed by atoms with van der Waals surface area (Å²) in [5.74, 6) is 1.37. The van der Waals surface area contributed by atoms with Gasteiger partial charge in [-0.05, 0) is 25.8 Å². The quantitative estimate of drug-likeness (QED) is 0.662. The zero-order valence-corrected chi connectivity index (χ0v) is 16.4. The molecule has 3 aromatic heterocycles. The van der Waals surface area contributed by atoms with E-state index in [1.54, 1.807) is 13.0 Å². The molecule has 1 aliphatic carbocycles. The van der Waals surface area contributed by atoms with Crippen molar-refractivity contribution in [2.45, 2.75) is 44.6 Å². The highest BCUT2D eigenvalue weighted by molar-refractivity contribution is 7.14. The predicted molar refractivity (Wildman–Crippen MR) is 102 cm³/mol. The molecule has 1 fully saturated rings. The summed E-state index contributed by atoms with van der Waals surface area (Å²) in [6, 6.07) is 1.63. The van der Waals surface area contributed by atoms with Crippen LogP contribution < -0.4 is 11.1 Å². The van der Waals surface area contributed by atoms with Crippen molar-refractivity contribution in [2.24, 2.45) is 5.73 Å². The highest BCUT2D eigenvalue weighted by Crippen LogP contribution is 2.34. The molecule has 0 atom stereocenters. The molecule has 27 heavy (non-hydrogen) atoms. The van der Waals surface area contributed by atoms with Gasteiger partial charge in [-0.3, -0.25) is 10.1 Å². The summed E-state index contributed by atoms with van der Waals surface area (Å²) in [7, 11) is 0. The number of nitrogens with one attached hydrogen (secondary N) is 1. The third-order valence-electron chi connectivity index (χ3n) is 4.62. The largest absolute Gasteiger partial charge is 0.469 e. The summed E-state index contributed by atoms with van der Waals surface area (Å²) in [4.78, 5) is 21.0. The number of aryl methyl sites for hydroxylation is 1. The van der Waals surface area contributed by atoms with Crippen LogP contribution in [0.5, 0.6) is 0 Å². The third kappa shape index (κ3) is 4.05. The van der Waals surface area contributed by atoms with Gasteiger partial charge >= 0.3 is 0 Å². The molecule has 3 heterocycles. The van der Waals surface area contributed by atoms with Crippen molar-refractivity contribution < 1.29 is 13.7 Å². The van der Waals surface area contributed by atoms with Crippen molar-refractivity contribution >= 4 is 34.8 Å². The molecule has 1 saturated carbocycles. The van der Waals surface area contributed by atoms with Crippen molar-refractivity contribution in [3.8, 4) is 0 Å². The molecule has 144 valence electrons. The topological polar surface area (TPSA) is 120 Å². The minimum absolute atomic E-state index is 0. The molecule has 0 radical (unpaired) electrons. The Kier molecular flexibility index (Phi) is 5.64. The van der Waals surface area contributed by atoms with Crippen molar-refractivity contribution in [3.05, 3.63) is 46.4 Å². The molecule has 0 aromatic carbocycles. The molecule has 1 amide bonds. The molecule has 0 saturated heterocycles. The lowest BCUT2D eigenvalue weighted by Gasteiger charge is -2.17. The molecule has 3 aromatic rings. The van der Waals surface area contributed by atoms with Gasteiger partial charge in [-0.2, -0.15) is 4.98 Å². The standard InChI is InChI=1S/C17H19N5O3S.ClH/c1-10-12(4-7-24-10)14(23)21-16-19-11(9-26-16)8-13-20-15(22-25-13)17(18)5-2-3-6-17;/h4,7,9H,2-3,5-6,8,18H2,1H3,(H,19,21,23);1H. The number of hydrogen-bond acceptors (Lipinski definition) is 8. The number of hydrogen-bond donors (Lipinski definition) is 2. The predicted octanol–water partition coefficient (Wildman–Crippen LogP) is 3.42. The first-order chi connectivity index (χ1) is 12.5. The molecule has 0 bridgehead atoms. The smallest absolute Gasteiger partial charge is 0.260 e. The maximum atomic E-state index is 12.2. The number of amides is 1. The van der Waals surface area contributed by atoms with Crippen molar-refractivity contribution in [3.63, 3.8) is 0 Å². The van der Waals surface area contributed by atoms with E-state index in [-0.39, 0.29) is 18.3 Å². The van der Waals surface area contributed by atoms with Crippen LogP contribution in [-0.4, -0.2) is 21.0 Å². The Balaban J connectivity index is 0.00000210. The number of thiazole rings is 1. The number of nitrogens with two attached hydrogens (primary N) is 1. The molecule has 0 unspecified atom stereocenters. The molecule has 8 nitrogen and oxygen atoms in total. The zero-order valence-electron chi connectivity index (χ0n) is 14.7. The van der Waals surface area contributed by atoms with Gasteiger partial charge < -0.3 is 14.7 Å². The average Bonchev–Trinajstić information content (AvgIpc) is 3.36. The van der Waals surface area contributed by atoms with E-state index in [0.29, 0.717) is 34.6 Å². The number of anilines is 1. The van der Waals surface area contributed by atoms with Crippen molar-refractivity contribution in [1.82, 2.24) is 15.1 Å². The molecule has 1 aliphatic rings. The highest BCUT2D eigenvalue weighted by atomic mass is 35.5. The Bertz CT molecular complexity index is 929. The minimum Gasteiger partial charge on any atom is -0.469 e. The lowest BCUT2D eigenvalue weighted by Crippen LogP contribution is -2.34. The van der Waals surface area contributed by atoms with Crippen LogP contribution in [0.2, 0.25) is 0 Å². The van der Waals surface area contributed by atoms with Gasteiger partial charge in [-0.25, -0.2) is 4.98 Å². The Hall–Kier alpha value is -2.23. The first-order valence-corrected chi connectivity index (χ1v) is 9.33. The first kappa shape index (κ1) is 19.5. The second kappa shape index (κ2) is 7.79. The molecular formula is C17H20ClN5O3S. The van der Waals surface area contributed by atoms with E-state index in [1.807, 2.05) is 5.38 Å². The Morgan fingerprint density at radius 1 is 1.37 bits per heavy atom. The first-order valence-electron chi connectivity index (χ1n) is 8.45. The van der Waals surface area contributed by atoms with E-state index < -0.39 is 5.54 Å². The van der Waals surface area contributed by atoms with Gasteiger partial charge in [-0.1, -0.05) is 18.0 Å². The molecule has 0 spiro atoms. The Morgan fingerprint density at radius 2 is 2.15 bits per heavy atom. The Morgan fingerprint density at radius 3 is 2.85 bits per heavy atom. The number of nitrogens with zero attached hydrogens (tertiary/aromatic N) is 3. The summed E-state index contributed by atoms with van der Waals surface area (Å²) in [5, 5.41) is 9.19. The second-order valence-corrected chi connectivity index (χ2v) is 7.40. The molecule has 4 rings (SSSR count). The summed E-state index contributed by atoms with van der Waals surface area (Å²) in [5.41, 5.74) is 7.13. The van der Waals surface area contributed by atoms with Crippen LogP contribution in [0, 0.1) is 6.92 Å². The van der Waals surface area contributed by atoms with Crippen molar-refractivity contribution in [1.29, 1.82) is 0 Å². The van der Waals surface area contributed by atoms with Crippen LogP contribution >= 0.6 is 23.7 Å². The van der Waals surface area contributed by atoms with Gasteiger partial charge in [0, 0.05) is 5.38 Å². The van der Waals surface area contributed by atoms with E-state index in [9.17, 15) is 4.79 Å². The van der Waals surface area contributed by atoms with E-state index in [0.717, 1.165) is 31.4 Å². The fourth-order valence-corrected chi connectivity index (χ4v) is 3.85. The van der Waals surface area contributed by atoms with Gasteiger partial charge in [0.05, 0.1) is 29.5 Å². The van der Waals surface area contributed by atoms with Gasteiger partial charge in [0.15, 0.2) is 11.0 Å². The lowest BCUT2D eigenvalue weighted by molar-refractivity contribution is 0.102. The fourth-order valence-electron chi connectivity index (χ4n) is 3.14.